The number of carbonyl (C=O) groups is 5. The summed E-state index contributed by atoms with van der Waals surface area (Å²) < 4.78 is 4.93. The zero-order chi connectivity index (χ0) is 36.8. The minimum Gasteiger partial charge on any atom is -0.462 e. The number of unbranched alkanes of at least 4 members (excludes halogenated alkanes) is 1. The molecule has 0 spiro atoms. The van der Waals surface area contributed by atoms with Gasteiger partial charge in [0.2, 0.25) is 0 Å². The van der Waals surface area contributed by atoms with Crippen LogP contribution in [0.25, 0.3) is 11.0 Å². The molecule has 6 N–H and O–H groups in total. The van der Waals surface area contributed by atoms with Gasteiger partial charge in [0, 0.05) is 52.8 Å². The van der Waals surface area contributed by atoms with Crippen molar-refractivity contribution in [2.24, 2.45) is 0 Å². The summed E-state index contributed by atoms with van der Waals surface area (Å²) in [6.07, 6.45) is 3.11. The van der Waals surface area contributed by atoms with Gasteiger partial charge in [0.05, 0.1) is 17.6 Å². The lowest BCUT2D eigenvalue weighted by molar-refractivity contribution is -0.137. The highest BCUT2D eigenvalue weighted by Gasteiger charge is 2.16. The van der Waals surface area contributed by atoms with Crippen molar-refractivity contribution < 1.29 is 28.7 Å². The number of aromatic amines is 2. The van der Waals surface area contributed by atoms with E-state index in [0.29, 0.717) is 35.2 Å². The van der Waals surface area contributed by atoms with Crippen molar-refractivity contribution in [1.82, 2.24) is 25.5 Å². The average Bonchev–Trinajstić information content (AvgIpc) is 3.51. The maximum atomic E-state index is 13.3. The Morgan fingerprint density at radius 1 is 0.686 bits per heavy atom. The first-order valence-electron chi connectivity index (χ1n) is 16.8. The van der Waals surface area contributed by atoms with E-state index < -0.39 is 29.6 Å². The van der Waals surface area contributed by atoms with Crippen molar-refractivity contribution in [3.63, 3.8) is 0 Å². The second kappa shape index (κ2) is 18.7. The number of nitrogens with one attached hydrogen (secondary N) is 6. The molecule has 268 valence electrons. The summed E-state index contributed by atoms with van der Waals surface area (Å²) in [5.41, 5.74) is 2.37. The van der Waals surface area contributed by atoms with E-state index in [-0.39, 0.29) is 41.2 Å². The number of carbonyl (C=O) groups excluding carboxylic acids is 5. The van der Waals surface area contributed by atoms with Gasteiger partial charge in [-0.05, 0) is 99.6 Å². The van der Waals surface area contributed by atoms with Gasteiger partial charge in [-0.3, -0.25) is 19.2 Å². The monoisotopic (exact) mass is 697 g/mol. The maximum absolute atomic E-state index is 13.3. The quantitative estimate of drug-likeness (QED) is 0.0509. The Morgan fingerprint density at radius 3 is 1.84 bits per heavy atom. The van der Waals surface area contributed by atoms with E-state index in [1.54, 1.807) is 18.2 Å². The molecular formula is C37H43N7O7. The van der Waals surface area contributed by atoms with Crippen LogP contribution in [-0.4, -0.2) is 83.8 Å². The van der Waals surface area contributed by atoms with Crippen molar-refractivity contribution in [3.8, 4) is 0 Å². The molecule has 4 amide bonds. The number of hydrogen-bond donors (Lipinski definition) is 6. The molecule has 3 aromatic carbocycles. The molecule has 0 aliphatic rings. The van der Waals surface area contributed by atoms with Crippen molar-refractivity contribution in [3.05, 3.63) is 106 Å². The predicted octanol–water partition coefficient (Wildman–Crippen LogP) is 4.06. The number of aromatic nitrogens is 2. The average molecular weight is 698 g/mol. The largest absolute Gasteiger partial charge is 0.462 e. The fourth-order valence-corrected chi connectivity index (χ4v) is 5.16. The fraction of sp³-hybridized carbons (Fsp3) is 0.297. The second-order valence-corrected chi connectivity index (χ2v) is 11.6. The Morgan fingerprint density at radius 2 is 1.25 bits per heavy atom. The summed E-state index contributed by atoms with van der Waals surface area (Å²) in [6, 6.07) is 15.3. The Balaban J connectivity index is 1.42. The van der Waals surface area contributed by atoms with Crippen molar-refractivity contribution in [1.29, 1.82) is 0 Å². The molecule has 0 saturated heterocycles. The molecule has 0 radical (unpaired) electrons. The van der Waals surface area contributed by atoms with Gasteiger partial charge in [0.1, 0.15) is 0 Å². The van der Waals surface area contributed by atoms with Crippen LogP contribution in [0.5, 0.6) is 0 Å². The van der Waals surface area contributed by atoms with Gasteiger partial charge in [-0.25, -0.2) is 9.59 Å². The van der Waals surface area contributed by atoms with E-state index >= 15 is 0 Å². The first-order valence-corrected chi connectivity index (χ1v) is 16.8. The van der Waals surface area contributed by atoms with Crippen LogP contribution < -0.4 is 27.0 Å². The van der Waals surface area contributed by atoms with E-state index in [1.165, 1.54) is 42.5 Å². The first-order chi connectivity index (χ1) is 24.6. The number of rotatable bonds is 18. The van der Waals surface area contributed by atoms with Gasteiger partial charge in [-0.15, -0.1) is 0 Å². The number of amides is 4. The van der Waals surface area contributed by atoms with Gasteiger partial charge in [0.25, 0.3) is 23.6 Å². The molecule has 51 heavy (non-hydrogen) atoms. The summed E-state index contributed by atoms with van der Waals surface area (Å²) in [5.74, 6) is -2.37. The number of H-pyrrole nitrogens is 2. The molecule has 1 heterocycles. The molecule has 0 aliphatic heterocycles. The molecule has 0 aliphatic carbocycles. The lowest BCUT2D eigenvalue weighted by atomic mass is 10.1. The molecule has 0 saturated carbocycles. The van der Waals surface area contributed by atoms with E-state index in [0.717, 1.165) is 38.6 Å². The third-order valence-electron chi connectivity index (χ3n) is 8.00. The number of nitrogens with zero attached hydrogens (tertiary/aromatic N) is 1. The maximum Gasteiger partial charge on any atom is 0.330 e. The third-order valence-corrected chi connectivity index (χ3v) is 8.00. The van der Waals surface area contributed by atoms with Crippen LogP contribution in [0.15, 0.2) is 78.1 Å². The number of esters is 1. The molecule has 4 rings (SSSR count). The van der Waals surface area contributed by atoms with E-state index in [9.17, 15) is 28.8 Å². The van der Waals surface area contributed by atoms with E-state index in [1.807, 2.05) is 0 Å². The minimum absolute atomic E-state index is 0.0923. The SMILES string of the molecule is C=CC(=O)OCCCNC(=O)c1cc(NC(=O)c2ccc(C(=O)Nc3ccc4[nH]c(=O)[nH]c4c3)cc2)cc(C(=O)NCCCCN(CC)CC)c1. The van der Waals surface area contributed by atoms with Gasteiger partial charge >= 0.3 is 11.7 Å². The van der Waals surface area contributed by atoms with Crippen LogP contribution in [0, 0.1) is 0 Å². The van der Waals surface area contributed by atoms with Crippen LogP contribution in [0.2, 0.25) is 0 Å². The zero-order valence-electron chi connectivity index (χ0n) is 28.7. The Kier molecular flexibility index (Phi) is 13.8. The molecule has 0 unspecified atom stereocenters. The number of fused-ring (bicyclic) bond motifs is 1. The summed E-state index contributed by atoms with van der Waals surface area (Å²) >= 11 is 0. The fourth-order valence-electron chi connectivity index (χ4n) is 5.16. The van der Waals surface area contributed by atoms with Crippen LogP contribution in [0.3, 0.4) is 0 Å². The van der Waals surface area contributed by atoms with Crippen molar-refractivity contribution >= 4 is 52.0 Å². The summed E-state index contributed by atoms with van der Waals surface area (Å²) in [5, 5.41) is 11.1. The second-order valence-electron chi connectivity index (χ2n) is 11.6. The number of ether oxygens (including phenoxy) is 1. The standard InChI is InChI=1S/C37H43N7O7/c1-4-32(45)51-19-9-17-39-34(47)27-20-26(33(46)38-16-7-8-18-44(5-2)6-3)21-29(22-27)41-36(49)25-12-10-24(11-13-25)35(48)40-28-14-15-30-31(23-28)43-37(50)42-30/h4,10-15,20-23H,1,5-9,16-19H2,2-3H3,(H,38,46)(H,39,47)(H,40,48)(H,41,49)(H2,42,43,50). The molecular weight excluding hydrogens is 654 g/mol. The lowest BCUT2D eigenvalue weighted by Crippen LogP contribution is -2.28. The summed E-state index contributed by atoms with van der Waals surface area (Å²) in [4.78, 5) is 82.7. The van der Waals surface area contributed by atoms with Crippen LogP contribution in [-0.2, 0) is 9.53 Å². The van der Waals surface area contributed by atoms with Gasteiger partial charge < -0.3 is 40.9 Å². The Labute approximate surface area is 295 Å². The summed E-state index contributed by atoms with van der Waals surface area (Å²) in [6.45, 7) is 11.1. The molecule has 0 bridgehead atoms. The van der Waals surface area contributed by atoms with Gasteiger partial charge in [-0.1, -0.05) is 20.4 Å². The third kappa shape index (κ3) is 11.3. The topological polar surface area (TPSA) is 195 Å². The van der Waals surface area contributed by atoms with E-state index in [2.05, 4.69) is 56.6 Å². The predicted molar refractivity (Wildman–Crippen MR) is 195 cm³/mol. The molecule has 0 atom stereocenters. The normalized spacial score (nSPS) is 10.8. The van der Waals surface area contributed by atoms with Gasteiger partial charge in [-0.2, -0.15) is 0 Å². The highest BCUT2D eigenvalue weighted by Crippen LogP contribution is 2.19. The van der Waals surface area contributed by atoms with Crippen molar-refractivity contribution in [2.45, 2.75) is 33.1 Å². The summed E-state index contributed by atoms with van der Waals surface area (Å²) in [7, 11) is 0. The Hall–Kier alpha value is -6.02. The highest BCUT2D eigenvalue weighted by atomic mass is 16.5. The van der Waals surface area contributed by atoms with E-state index in [4.69, 9.17) is 4.74 Å². The number of benzene rings is 3. The van der Waals surface area contributed by atoms with Gasteiger partial charge in [0.15, 0.2) is 0 Å². The lowest BCUT2D eigenvalue weighted by Gasteiger charge is -2.17. The molecule has 0 fully saturated rings. The smallest absolute Gasteiger partial charge is 0.330 e. The number of imidazole rings is 1. The van der Waals surface area contributed by atoms with Crippen LogP contribution >= 0.6 is 0 Å². The molecule has 14 heteroatoms. The van der Waals surface area contributed by atoms with Crippen LogP contribution in [0.4, 0.5) is 11.4 Å². The zero-order valence-corrected chi connectivity index (χ0v) is 28.7. The van der Waals surface area contributed by atoms with Crippen molar-refractivity contribution in [2.75, 3.05) is 50.0 Å². The number of anilines is 2. The highest BCUT2D eigenvalue weighted by molar-refractivity contribution is 6.09. The Bertz CT molecular complexity index is 1930. The molecule has 4 aromatic rings. The first kappa shape index (κ1) is 37.8. The van der Waals surface area contributed by atoms with Crippen LogP contribution in [0.1, 0.15) is 74.5 Å². The minimum atomic E-state index is -0.559. The molecule has 1 aromatic heterocycles. The number of hydrogen-bond acceptors (Lipinski definition) is 8. The molecule has 14 nitrogen and oxygen atoms in total.